The third kappa shape index (κ3) is 3.48. The average molecular weight is 442 g/mol. The van der Waals surface area contributed by atoms with Gasteiger partial charge < -0.3 is 8.83 Å². The fourth-order valence-electron chi connectivity index (χ4n) is 3.30. The maximum absolute atomic E-state index is 13.3. The number of ketones is 1. The first-order valence-electron chi connectivity index (χ1n) is 8.74. The molecule has 3 aromatic heterocycles. The third-order valence-electron chi connectivity index (χ3n) is 4.58. The van der Waals surface area contributed by atoms with Crippen LogP contribution in [0, 0.1) is 11.6 Å². The van der Waals surface area contributed by atoms with Crippen LogP contribution in [-0.2, 0) is 0 Å². The first kappa shape index (κ1) is 19.8. The van der Waals surface area contributed by atoms with E-state index in [1.807, 2.05) is 42.0 Å². The van der Waals surface area contributed by atoms with Crippen LogP contribution in [0.1, 0.15) is 21.7 Å². The Labute approximate surface area is 182 Å². The molecule has 0 aliphatic rings. The molecule has 0 N–H and O–H groups in total. The van der Waals surface area contributed by atoms with Gasteiger partial charge in [0.25, 0.3) is 0 Å². The minimum absolute atomic E-state index is 0.249. The molecule has 0 atom stereocenters. The number of carbonyl (C=O) groups excluding carboxylic acids is 1. The smallest absolute Gasteiger partial charge is 0.232 e. The number of pyridine rings is 1. The second kappa shape index (κ2) is 8.06. The van der Waals surface area contributed by atoms with Crippen molar-refractivity contribution in [2.75, 3.05) is 6.26 Å². The molecule has 0 amide bonds. The second-order valence-electron chi connectivity index (χ2n) is 6.28. The monoisotopic (exact) mass is 441 g/mol. The van der Waals surface area contributed by atoms with E-state index in [0.29, 0.717) is 21.0 Å². The van der Waals surface area contributed by atoms with Crippen molar-refractivity contribution < 1.29 is 13.6 Å². The first-order chi connectivity index (χ1) is 14.0. The molecule has 0 fully saturated rings. The molecule has 4 aromatic rings. The predicted molar refractivity (Wildman–Crippen MR) is 118 cm³/mol. The third-order valence-corrected chi connectivity index (χ3v) is 6.14. The lowest BCUT2D eigenvalue weighted by molar-refractivity contribution is 0.100. The fraction of sp³-hybridized carbons (Fsp3) is 0.0909. The molecule has 4 rings (SSSR count). The van der Waals surface area contributed by atoms with Crippen molar-refractivity contribution in [3.8, 4) is 17.1 Å². The highest BCUT2D eigenvalue weighted by atomic mass is 35.5. The Balaban J connectivity index is 2.10. The van der Waals surface area contributed by atoms with Gasteiger partial charge in [0.2, 0.25) is 5.78 Å². The van der Waals surface area contributed by atoms with Gasteiger partial charge in [-0.2, -0.15) is 0 Å². The Morgan fingerprint density at radius 1 is 1.07 bits per heavy atom. The van der Waals surface area contributed by atoms with Crippen LogP contribution in [0.5, 0.6) is 0 Å². The lowest BCUT2D eigenvalue weighted by Crippen LogP contribution is -2.13. The number of thioether (sulfide) groups is 1. The molecule has 29 heavy (non-hydrogen) atoms. The van der Waals surface area contributed by atoms with E-state index in [4.69, 9.17) is 32.7 Å². The molecule has 0 aliphatic heterocycles. The summed E-state index contributed by atoms with van der Waals surface area (Å²) in [7, 11) is 0. The summed E-state index contributed by atoms with van der Waals surface area (Å²) in [5, 5.41) is 0.615. The van der Waals surface area contributed by atoms with Crippen LogP contribution in [0.3, 0.4) is 0 Å². The van der Waals surface area contributed by atoms with Crippen LogP contribution in [0.25, 0.3) is 17.1 Å². The molecule has 3 heterocycles. The Bertz CT molecular complexity index is 1220. The number of nitrogens with zero attached hydrogens (tertiary/aromatic N) is 1. The summed E-state index contributed by atoms with van der Waals surface area (Å²) in [5.74, 6) is 0.663. The molecule has 0 radical (unpaired) electrons. The van der Waals surface area contributed by atoms with Crippen LogP contribution < -0.4 is 0 Å². The van der Waals surface area contributed by atoms with Gasteiger partial charge in [-0.3, -0.25) is 9.36 Å². The number of rotatable bonds is 5. The summed E-state index contributed by atoms with van der Waals surface area (Å²) >= 11 is 13.4. The lowest BCUT2D eigenvalue weighted by atomic mass is 10.0. The molecular weight excluding hydrogens is 426 g/mol. The Kier molecular flexibility index (Phi) is 5.50. The Morgan fingerprint density at radius 3 is 2.34 bits per heavy atom. The van der Waals surface area contributed by atoms with Crippen LogP contribution >= 0.6 is 35.6 Å². The molecule has 0 unspecified atom stereocenters. The lowest BCUT2D eigenvalue weighted by Gasteiger charge is -2.21. The van der Waals surface area contributed by atoms with E-state index in [1.165, 1.54) is 18.0 Å². The fourth-order valence-corrected chi connectivity index (χ4v) is 4.68. The Morgan fingerprint density at radius 2 is 1.76 bits per heavy atom. The highest BCUT2D eigenvalue weighted by Gasteiger charge is 2.26. The largest absolute Gasteiger partial charge is 0.463 e. The van der Waals surface area contributed by atoms with Gasteiger partial charge in [-0.25, -0.2) is 0 Å². The van der Waals surface area contributed by atoms with Gasteiger partial charge in [-0.1, -0.05) is 23.8 Å². The molecule has 1 aromatic carbocycles. The molecule has 146 valence electrons. The van der Waals surface area contributed by atoms with E-state index in [-0.39, 0.29) is 11.5 Å². The normalized spacial score (nSPS) is 11.0. The molecule has 7 heteroatoms. The van der Waals surface area contributed by atoms with Gasteiger partial charge in [-0.15, -0.1) is 11.8 Å². The molecular formula is C22H16ClNO3S2. The molecule has 0 saturated carbocycles. The first-order valence-corrected chi connectivity index (χ1v) is 10.8. The molecule has 0 aliphatic carbocycles. The van der Waals surface area contributed by atoms with Crippen LogP contribution in [-0.4, -0.2) is 16.6 Å². The van der Waals surface area contributed by atoms with E-state index in [2.05, 4.69) is 0 Å². The van der Waals surface area contributed by atoms with E-state index < -0.39 is 0 Å². The van der Waals surface area contributed by atoms with Gasteiger partial charge in [0.15, 0.2) is 11.5 Å². The SMILES string of the molecule is CSc1c(C)c(-c2ccco2)n(-c2ccc(Cl)cc2)c(=S)c1C(=O)c1ccco1. The summed E-state index contributed by atoms with van der Waals surface area (Å²) < 4.78 is 13.3. The summed E-state index contributed by atoms with van der Waals surface area (Å²) in [6, 6.07) is 14.3. The molecule has 0 bridgehead atoms. The van der Waals surface area contributed by atoms with Crippen LogP contribution in [0.2, 0.25) is 5.02 Å². The van der Waals surface area contributed by atoms with Crippen LogP contribution in [0.4, 0.5) is 0 Å². The van der Waals surface area contributed by atoms with Crippen molar-refractivity contribution in [3.63, 3.8) is 0 Å². The minimum Gasteiger partial charge on any atom is -0.463 e. The van der Waals surface area contributed by atoms with Crippen molar-refractivity contribution >= 4 is 41.4 Å². The summed E-state index contributed by atoms with van der Waals surface area (Å²) in [6.07, 6.45) is 5.02. The van der Waals surface area contributed by atoms with Crippen molar-refractivity contribution in [2.24, 2.45) is 0 Å². The van der Waals surface area contributed by atoms with Crippen molar-refractivity contribution in [2.45, 2.75) is 11.8 Å². The second-order valence-corrected chi connectivity index (χ2v) is 7.92. The molecule has 4 nitrogen and oxygen atoms in total. The van der Waals surface area contributed by atoms with Gasteiger partial charge in [0.1, 0.15) is 4.64 Å². The maximum Gasteiger partial charge on any atom is 0.232 e. The van der Waals surface area contributed by atoms with Gasteiger partial charge in [0, 0.05) is 15.6 Å². The summed E-state index contributed by atoms with van der Waals surface area (Å²) in [6.45, 7) is 1.96. The van der Waals surface area contributed by atoms with Gasteiger partial charge >= 0.3 is 0 Å². The summed E-state index contributed by atoms with van der Waals surface area (Å²) in [5.41, 5.74) is 2.91. The molecule has 0 spiro atoms. The number of halogens is 1. The minimum atomic E-state index is -0.249. The maximum atomic E-state index is 13.3. The number of benzene rings is 1. The quantitative estimate of drug-likeness (QED) is 0.190. The number of aromatic nitrogens is 1. The summed E-state index contributed by atoms with van der Waals surface area (Å²) in [4.78, 5) is 14.1. The van der Waals surface area contributed by atoms with Crippen molar-refractivity contribution in [1.29, 1.82) is 0 Å². The van der Waals surface area contributed by atoms with Crippen molar-refractivity contribution in [1.82, 2.24) is 4.57 Å². The standard InChI is InChI=1S/C22H16ClNO3S2/c1-13-19(16-5-3-11-26-16)24(15-9-7-14(23)8-10-15)22(28)18(21(13)29-2)20(25)17-6-4-12-27-17/h3-12H,1-2H3. The molecule has 0 saturated heterocycles. The topological polar surface area (TPSA) is 48.3 Å². The highest BCUT2D eigenvalue weighted by Crippen LogP contribution is 2.37. The number of carbonyl (C=O) groups is 1. The van der Waals surface area contributed by atoms with E-state index in [9.17, 15) is 4.79 Å². The number of hydrogen-bond acceptors (Lipinski definition) is 5. The number of furan rings is 2. The zero-order valence-corrected chi connectivity index (χ0v) is 18.0. The van der Waals surface area contributed by atoms with Crippen LogP contribution in [0.15, 0.2) is 74.8 Å². The average Bonchev–Trinajstić information content (AvgIpc) is 3.43. The predicted octanol–water partition coefficient (Wildman–Crippen LogP) is 6.97. The van der Waals surface area contributed by atoms with E-state index in [0.717, 1.165) is 21.8 Å². The highest BCUT2D eigenvalue weighted by molar-refractivity contribution is 7.98. The zero-order valence-electron chi connectivity index (χ0n) is 15.6. The van der Waals surface area contributed by atoms with E-state index >= 15 is 0 Å². The Hall–Kier alpha value is -2.54. The van der Waals surface area contributed by atoms with E-state index in [1.54, 1.807) is 30.5 Å². The van der Waals surface area contributed by atoms with Crippen molar-refractivity contribution in [3.05, 3.63) is 87.6 Å². The van der Waals surface area contributed by atoms with Gasteiger partial charge in [0.05, 0.1) is 23.8 Å². The zero-order chi connectivity index (χ0) is 20.5. The number of hydrogen-bond donors (Lipinski definition) is 0. The van der Waals surface area contributed by atoms with Gasteiger partial charge in [-0.05, 0) is 67.3 Å².